The molecule has 0 heterocycles. The van der Waals surface area contributed by atoms with Gasteiger partial charge in [0.05, 0.1) is 19.1 Å². The third kappa shape index (κ3) is 2.83. The van der Waals surface area contributed by atoms with Crippen LogP contribution < -0.4 is 9.47 Å². The fourth-order valence-corrected chi connectivity index (χ4v) is 2.60. The first-order valence-corrected chi connectivity index (χ1v) is 6.82. The lowest BCUT2D eigenvalue weighted by molar-refractivity contribution is -0.139. The summed E-state index contributed by atoms with van der Waals surface area (Å²) in [5.74, 6) is 0.191. The summed E-state index contributed by atoms with van der Waals surface area (Å²) in [6.45, 7) is 4.94. The molecule has 0 bridgehead atoms. The summed E-state index contributed by atoms with van der Waals surface area (Å²) in [6, 6.07) is 3.79. The van der Waals surface area contributed by atoms with Crippen LogP contribution in [0.1, 0.15) is 43.7 Å². The minimum absolute atomic E-state index is 0.418. The molecule has 0 spiro atoms. The molecule has 104 valence electrons. The number of aliphatic carboxylic acids is 1. The fraction of sp³-hybridized carbons (Fsp3) is 0.533. The molecule has 4 heteroatoms. The van der Waals surface area contributed by atoms with Crippen molar-refractivity contribution in [3.05, 3.63) is 23.3 Å². The van der Waals surface area contributed by atoms with E-state index in [-0.39, 0.29) is 0 Å². The Morgan fingerprint density at radius 2 is 1.89 bits per heavy atom. The van der Waals surface area contributed by atoms with E-state index < -0.39 is 11.9 Å². The van der Waals surface area contributed by atoms with Crippen molar-refractivity contribution < 1.29 is 19.4 Å². The summed E-state index contributed by atoms with van der Waals surface area (Å²) in [6.07, 6.45) is 2.51. The molecule has 4 nitrogen and oxygen atoms in total. The van der Waals surface area contributed by atoms with Crippen LogP contribution in [0.4, 0.5) is 0 Å². The molecule has 1 unspecified atom stereocenters. The molecule has 0 aromatic heterocycles. The number of rotatable bonds is 5. The zero-order valence-corrected chi connectivity index (χ0v) is 11.4. The molecular weight excluding hydrogens is 244 g/mol. The average Bonchev–Trinajstić information content (AvgIpc) is 2.39. The Kier molecular flexibility index (Phi) is 4.30. The lowest BCUT2D eigenvalue weighted by Crippen LogP contribution is -2.18. The number of aryl methyl sites for hydroxylation is 1. The molecule has 2 rings (SSSR count). The normalized spacial score (nSPS) is 17.7. The van der Waals surface area contributed by atoms with E-state index in [0.717, 1.165) is 24.0 Å². The third-order valence-electron chi connectivity index (χ3n) is 3.42. The van der Waals surface area contributed by atoms with Gasteiger partial charge >= 0.3 is 5.97 Å². The predicted octanol–water partition coefficient (Wildman–Crippen LogP) is 2.99. The largest absolute Gasteiger partial charge is 0.490 e. The number of hydrogen-bond acceptors (Lipinski definition) is 3. The summed E-state index contributed by atoms with van der Waals surface area (Å²) in [7, 11) is 0. The molecule has 1 aromatic rings. The maximum absolute atomic E-state index is 11.3. The van der Waals surface area contributed by atoms with Gasteiger partial charge in [0.25, 0.3) is 0 Å². The zero-order valence-electron chi connectivity index (χ0n) is 11.4. The molecule has 0 saturated heterocycles. The lowest BCUT2D eigenvalue weighted by atomic mass is 9.82. The topological polar surface area (TPSA) is 55.8 Å². The molecule has 1 aliphatic rings. The number of carboxylic acids is 1. The first-order chi connectivity index (χ1) is 9.17. The summed E-state index contributed by atoms with van der Waals surface area (Å²) < 4.78 is 11.1. The van der Waals surface area contributed by atoms with Crippen LogP contribution in [0.15, 0.2) is 12.1 Å². The van der Waals surface area contributed by atoms with Crippen LogP contribution in [-0.2, 0) is 11.2 Å². The smallest absolute Gasteiger partial charge is 0.310 e. The molecule has 0 aliphatic heterocycles. The van der Waals surface area contributed by atoms with E-state index in [1.165, 1.54) is 0 Å². The van der Waals surface area contributed by atoms with Gasteiger partial charge in [-0.3, -0.25) is 4.79 Å². The van der Waals surface area contributed by atoms with Crippen LogP contribution in [0.2, 0.25) is 0 Å². The maximum atomic E-state index is 11.3. The first kappa shape index (κ1) is 13.7. The molecule has 1 N–H and O–H groups in total. The highest BCUT2D eigenvalue weighted by Gasteiger charge is 2.28. The second kappa shape index (κ2) is 5.95. The lowest BCUT2D eigenvalue weighted by Gasteiger charge is -2.24. The van der Waals surface area contributed by atoms with Crippen molar-refractivity contribution in [2.45, 2.75) is 39.0 Å². The molecule has 0 radical (unpaired) electrons. The summed E-state index contributed by atoms with van der Waals surface area (Å²) in [4.78, 5) is 11.3. The van der Waals surface area contributed by atoms with E-state index in [1.54, 1.807) is 0 Å². The predicted molar refractivity (Wildman–Crippen MR) is 72.1 cm³/mol. The van der Waals surface area contributed by atoms with Crippen molar-refractivity contribution >= 4 is 5.97 Å². The van der Waals surface area contributed by atoms with Gasteiger partial charge in [-0.05, 0) is 56.4 Å². The van der Waals surface area contributed by atoms with Crippen LogP contribution >= 0.6 is 0 Å². The average molecular weight is 264 g/mol. The van der Waals surface area contributed by atoms with Crippen LogP contribution in [0.5, 0.6) is 11.5 Å². The highest BCUT2D eigenvalue weighted by atomic mass is 16.5. The fourth-order valence-electron chi connectivity index (χ4n) is 2.60. The number of hydrogen-bond donors (Lipinski definition) is 1. The Bertz CT molecular complexity index is 467. The Balaban J connectivity index is 2.44. The molecule has 1 atom stereocenters. The van der Waals surface area contributed by atoms with Crippen molar-refractivity contribution in [2.24, 2.45) is 0 Å². The van der Waals surface area contributed by atoms with E-state index in [1.807, 2.05) is 26.0 Å². The van der Waals surface area contributed by atoms with E-state index in [9.17, 15) is 9.90 Å². The number of carboxylic acid groups (broad SMARTS) is 1. The Hall–Kier alpha value is -1.71. The molecule has 1 aromatic carbocycles. The Morgan fingerprint density at radius 3 is 2.47 bits per heavy atom. The van der Waals surface area contributed by atoms with Crippen LogP contribution in [-0.4, -0.2) is 24.3 Å². The number of benzene rings is 1. The second-order valence-corrected chi connectivity index (χ2v) is 4.65. The van der Waals surface area contributed by atoms with Crippen LogP contribution in [0.3, 0.4) is 0 Å². The Labute approximate surface area is 113 Å². The quantitative estimate of drug-likeness (QED) is 0.888. The van der Waals surface area contributed by atoms with Gasteiger partial charge in [-0.1, -0.05) is 0 Å². The summed E-state index contributed by atoms with van der Waals surface area (Å²) in [5.41, 5.74) is 1.95. The van der Waals surface area contributed by atoms with Crippen LogP contribution in [0.25, 0.3) is 0 Å². The van der Waals surface area contributed by atoms with Gasteiger partial charge in [-0.25, -0.2) is 0 Å². The van der Waals surface area contributed by atoms with Crippen molar-refractivity contribution in [2.75, 3.05) is 13.2 Å². The molecule has 0 fully saturated rings. The van der Waals surface area contributed by atoms with Gasteiger partial charge in [0.15, 0.2) is 11.5 Å². The molecule has 0 saturated carbocycles. The molecule has 19 heavy (non-hydrogen) atoms. The molecule has 0 amide bonds. The summed E-state index contributed by atoms with van der Waals surface area (Å²) in [5, 5.41) is 9.31. The van der Waals surface area contributed by atoms with Crippen LogP contribution in [0, 0.1) is 0 Å². The maximum Gasteiger partial charge on any atom is 0.310 e. The standard InChI is InChI=1S/C15H20O4/c1-3-18-13-8-10-6-5-7-11(15(16)17)12(10)9-14(13)19-4-2/h8-9,11H,3-7H2,1-2H3,(H,16,17). The number of ether oxygens (including phenoxy) is 2. The van der Waals surface area contributed by atoms with E-state index in [2.05, 4.69) is 0 Å². The van der Waals surface area contributed by atoms with E-state index in [0.29, 0.717) is 31.1 Å². The zero-order chi connectivity index (χ0) is 13.8. The number of fused-ring (bicyclic) bond motifs is 1. The minimum Gasteiger partial charge on any atom is -0.490 e. The summed E-state index contributed by atoms with van der Waals surface area (Å²) >= 11 is 0. The van der Waals surface area contributed by atoms with Gasteiger partial charge in [-0.2, -0.15) is 0 Å². The van der Waals surface area contributed by atoms with Crippen molar-refractivity contribution in [3.63, 3.8) is 0 Å². The van der Waals surface area contributed by atoms with Crippen molar-refractivity contribution in [3.8, 4) is 11.5 Å². The number of carbonyl (C=O) groups is 1. The Morgan fingerprint density at radius 1 is 1.26 bits per heavy atom. The van der Waals surface area contributed by atoms with Crippen molar-refractivity contribution in [1.29, 1.82) is 0 Å². The van der Waals surface area contributed by atoms with Gasteiger partial charge in [0.1, 0.15) is 0 Å². The highest BCUT2D eigenvalue weighted by molar-refractivity contribution is 5.77. The SMILES string of the molecule is CCOc1cc2c(cc1OCC)C(C(=O)O)CCC2. The highest BCUT2D eigenvalue weighted by Crippen LogP contribution is 2.39. The first-order valence-electron chi connectivity index (χ1n) is 6.82. The molecule has 1 aliphatic carbocycles. The minimum atomic E-state index is -0.757. The van der Waals surface area contributed by atoms with Gasteiger partial charge in [0, 0.05) is 0 Å². The monoisotopic (exact) mass is 264 g/mol. The van der Waals surface area contributed by atoms with Gasteiger partial charge in [0.2, 0.25) is 0 Å². The second-order valence-electron chi connectivity index (χ2n) is 4.65. The molecular formula is C15H20O4. The van der Waals surface area contributed by atoms with E-state index >= 15 is 0 Å². The van der Waals surface area contributed by atoms with Crippen molar-refractivity contribution in [1.82, 2.24) is 0 Å². The van der Waals surface area contributed by atoms with E-state index in [4.69, 9.17) is 9.47 Å². The third-order valence-corrected chi connectivity index (χ3v) is 3.42. The van der Waals surface area contributed by atoms with Gasteiger partial charge < -0.3 is 14.6 Å². The van der Waals surface area contributed by atoms with Gasteiger partial charge in [-0.15, -0.1) is 0 Å².